The summed E-state index contributed by atoms with van der Waals surface area (Å²) in [6.07, 6.45) is -1.44. The molecule has 0 fully saturated rings. The monoisotopic (exact) mass is 411 g/mol. The van der Waals surface area contributed by atoms with E-state index in [1.165, 1.54) is 13.1 Å². The number of rotatable bonds is 10. The van der Waals surface area contributed by atoms with Gasteiger partial charge in [0.25, 0.3) is 6.43 Å². The van der Waals surface area contributed by atoms with Crippen molar-refractivity contribution in [3.63, 3.8) is 0 Å². The molecule has 1 aromatic rings. The van der Waals surface area contributed by atoms with E-state index in [4.69, 9.17) is 20.6 Å². The number of phosphoric acid groups is 1. The molecule has 0 aliphatic rings. The second-order valence-electron chi connectivity index (χ2n) is 5.68. The van der Waals surface area contributed by atoms with Crippen LogP contribution in [0.3, 0.4) is 0 Å². The SMILES string of the molecule is Cc1ncc(COP(=O)(O)O)c(/C=N/CCCC(N)(C(=O)O)C(F)F)c1O. The second-order valence-corrected chi connectivity index (χ2v) is 6.92. The number of hydrogen-bond donors (Lipinski definition) is 5. The van der Waals surface area contributed by atoms with E-state index in [-0.39, 0.29) is 35.5 Å². The molecule has 1 aromatic heterocycles. The average molecular weight is 411 g/mol. The van der Waals surface area contributed by atoms with Crippen LogP contribution in [0.15, 0.2) is 11.2 Å². The average Bonchev–Trinajstić information content (AvgIpc) is 2.55. The van der Waals surface area contributed by atoms with E-state index in [2.05, 4.69) is 14.5 Å². The van der Waals surface area contributed by atoms with E-state index in [0.717, 1.165) is 6.21 Å². The van der Waals surface area contributed by atoms with Crippen LogP contribution in [-0.4, -0.2) is 55.7 Å². The minimum Gasteiger partial charge on any atom is -0.505 e. The van der Waals surface area contributed by atoms with Gasteiger partial charge in [-0.3, -0.25) is 14.5 Å². The lowest BCUT2D eigenvalue weighted by molar-refractivity contribution is -0.150. The van der Waals surface area contributed by atoms with E-state index < -0.39 is 38.8 Å². The number of nitrogens with two attached hydrogens (primary N) is 1. The number of carboxylic acids is 1. The minimum atomic E-state index is -4.75. The zero-order valence-electron chi connectivity index (χ0n) is 14.2. The summed E-state index contributed by atoms with van der Waals surface area (Å²) < 4.78 is 40.7. The lowest BCUT2D eigenvalue weighted by Gasteiger charge is -2.22. The molecule has 10 nitrogen and oxygen atoms in total. The quantitative estimate of drug-likeness (QED) is 0.213. The Hall–Kier alpha value is -1.98. The Morgan fingerprint density at radius 1 is 1.52 bits per heavy atom. The molecule has 0 saturated carbocycles. The molecule has 1 atom stereocenters. The molecule has 0 spiro atoms. The molecule has 13 heteroatoms. The maximum atomic E-state index is 12.8. The van der Waals surface area contributed by atoms with Crippen molar-refractivity contribution in [1.29, 1.82) is 0 Å². The molecular weight excluding hydrogens is 391 g/mol. The molecule has 152 valence electrons. The first-order valence-corrected chi connectivity index (χ1v) is 9.09. The van der Waals surface area contributed by atoms with E-state index in [1.54, 1.807) is 0 Å². The van der Waals surface area contributed by atoms with Crippen LogP contribution < -0.4 is 5.73 Å². The largest absolute Gasteiger partial charge is 0.505 e. The van der Waals surface area contributed by atoms with Crippen molar-refractivity contribution in [2.45, 2.75) is 38.3 Å². The molecule has 1 heterocycles. The van der Waals surface area contributed by atoms with Gasteiger partial charge in [-0.1, -0.05) is 0 Å². The van der Waals surface area contributed by atoms with Gasteiger partial charge in [-0.15, -0.1) is 0 Å². The fourth-order valence-corrected chi connectivity index (χ4v) is 2.30. The topological polar surface area (TPSA) is 176 Å². The van der Waals surface area contributed by atoms with Crippen LogP contribution in [0.1, 0.15) is 29.7 Å². The first-order valence-electron chi connectivity index (χ1n) is 7.56. The molecule has 0 aliphatic heterocycles. The number of carboxylic acid groups (broad SMARTS) is 1. The number of halogens is 2. The van der Waals surface area contributed by atoms with Crippen LogP contribution in [-0.2, 0) is 20.5 Å². The maximum absolute atomic E-state index is 12.8. The number of aliphatic carboxylic acids is 1. The fourth-order valence-electron chi connectivity index (χ4n) is 1.99. The number of pyridine rings is 1. The summed E-state index contributed by atoms with van der Waals surface area (Å²) >= 11 is 0. The number of nitrogens with zero attached hydrogens (tertiary/aromatic N) is 2. The van der Waals surface area contributed by atoms with Gasteiger partial charge in [0.05, 0.1) is 12.3 Å². The van der Waals surface area contributed by atoms with Crippen molar-refractivity contribution in [2.75, 3.05) is 6.54 Å². The fraction of sp³-hybridized carbons (Fsp3) is 0.500. The Balaban J connectivity index is 2.84. The molecule has 6 N–H and O–H groups in total. The molecule has 0 amide bonds. The van der Waals surface area contributed by atoms with Crippen LogP contribution in [0.25, 0.3) is 0 Å². The van der Waals surface area contributed by atoms with Crippen LogP contribution in [0.5, 0.6) is 5.75 Å². The highest BCUT2D eigenvalue weighted by molar-refractivity contribution is 7.46. The van der Waals surface area contributed by atoms with Crippen molar-refractivity contribution in [1.82, 2.24) is 4.98 Å². The Kier molecular flexibility index (Phi) is 7.93. The van der Waals surface area contributed by atoms with Crippen molar-refractivity contribution in [3.8, 4) is 5.75 Å². The van der Waals surface area contributed by atoms with Gasteiger partial charge in [-0.25, -0.2) is 18.1 Å². The summed E-state index contributed by atoms with van der Waals surface area (Å²) in [7, 11) is -4.75. The summed E-state index contributed by atoms with van der Waals surface area (Å²) in [5.74, 6) is -2.11. The first-order chi connectivity index (χ1) is 12.4. The highest BCUT2D eigenvalue weighted by Crippen LogP contribution is 2.37. The predicted octanol–water partition coefficient (Wildman–Crippen LogP) is 0.951. The molecule has 0 radical (unpaired) electrons. The molecule has 1 unspecified atom stereocenters. The number of phosphoric ester groups is 1. The van der Waals surface area contributed by atoms with Crippen molar-refractivity contribution in [3.05, 3.63) is 23.0 Å². The van der Waals surface area contributed by atoms with Crippen molar-refractivity contribution < 1.29 is 42.7 Å². The molecule has 0 aliphatic carbocycles. The molecule has 0 saturated heterocycles. The van der Waals surface area contributed by atoms with E-state index in [9.17, 15) is 23.2 Å². The number of aromatic nitrogens is 1. The van der Waals surface area contributed by atoms with E-state index in [0.29, 0.717) is 0 Å². The van der Waals surface area contributed by atoms with Gasteiger partial charge in [0.1, 0.15) is 5.75 Å². The summed E-state index contributed by atoms with van der Waals surface area (Å²) in [5.41, 5.74) is 2.96. The Labute approximate surface area is 153 Å². The number of alkyl halides is 2. The Bertz CT molecular complexity index is 756. The Morgan fingerprint density at radius 2 is 2.15 bits per heavy atom. The van der Waals surface area contributed by atoms with Gasteiger partial charge >= 0.3 is 13.8 Å². The van der Waals surface area contributed by atoms with E-state index >= 15 is 0 Å². The third-order valence-corrected chi connectivity index (χ3v) is 4.10. The number of carbonyl (C=O) groups is 1. The van der Waals surface area contributed by atoms with Crippen LogP contribution >= 0.6 is 7.82 Å². The zero-order valence-corrected chi connectivity index (χ0v) is 15.1. The van der Waals surface area contributed by atoms with Gasteiger partial charge in [-0.2, -0.15) is 0 Å². The molecule has 0 aromatic carbocycles. The third kappa shape index (κ3) is 6.60. The van der Waals surface area contributed by atoms with Crippen LogP contribution in [0.4, 0.5) is 8.78 Å². The molecule has 0 bridgehead atoms. The van der Waals surface area contributed by atoms with Gasteiger partial charge in [0, 0.05) is 30.1 Å². The molecule has 1 rings (SSSR count). The predicted molar refractivity (Wildman–Crippen MR) is 89.7 cm³/mol. The highest BCUT2D eigenvalue weighted by atomic mass is 31.2. The molecule has 27 heavy (non-hydrogen) atoms. The lowest BCUT2D eigenvalue weighted by Crippen LogP contribution is -2.54. The third-order valence-electron chi connectivity index (χ3n) is 3.63. The zero-order chi connectivity index (χ0) is 20.8. The number of aryl methyl sites for hydroxylation is 1. The standard InChI is InChI=1S/C14H20F2N3O7P/c1-8-11(20)10(9(5-19-8)7-26-27(23,24)25)6-18-4-2-3-14(17,12(15)16)13(21)22/h5-6,12,20H,2-4,7,17H2,1H3,(H,21,22)(H2,23,24,25)/b18-6+. The lowest BCUT2D eigenvalue weighted by atomic mass is 9.95. The normalized spacial score (nSPS) is 14.6. The van der Waals surface area contributed by atoms with Gasteiger partial charge in [-0.05, 0) is 19.8 Å². The van der Waals surface area contributed by atoms with Gasteiger partial charge in [0.15, 0.2) is 5.54 Å². The number of hydrogen-bond acceptors (Lipinski definition) is 7. The highest BCUT2D eigenvalue weighted by Gasteiger charge is 2.43. The van der Waals surface area contributed by atoms with Crippen molar-refractivity contribution in [2.24, 2.45) is 10.7 Å². The maximum Gasteiger partial charge on any atom is 0.469 e. The van der Waals surface area contributed by atoms with Crippen molar-refractivity contribution >= 4 is 20.0 Å². The summed E-state index contributed by atoms with van der Waals surface area (Å²) in [4.78, 5) is 36.1. The summed E-state index contributed by atoms with van der Waals surface area (Å²) in [6, 6.07) is 0. The van der Waals surface area contributed by atoms with Gasteiger partial charge < -0.3 is 25.7 Å². The summed E-state index contributed by atoms with van der Waals surface area (Å²) in [5, 5.41) is 18.8. The molecular formula is C14H20F2N3O7P. The van der Waals surface area contributed by atoms with Crippen LogP contribution in [0.2, 0.25) is 0 Å². The first kappa shape index (κ1) is 23.1. The second kappa shape index (κ2) is 9.29. The van der Waals surface area contributed by atoms with Gasteiger partial charge in [0.2, 0.25) is 0 Å². The smallest absolute Gasteiger partial charge is 0.469 e. The Morgan fingerprint density at radius 3 is 2.67 bits per heavy atom. The van der Waals surface area contributed by atoms with E-state index in [1.807, 2.05) is 0 Å². The number of aromatic hydroxyl groups is 1. The summed E-state index contributed by atoms with van der Waals surface area (Å²) in [6.45, 7) is 0.861. The number of aliphatic imine (C=N–C) groups is 1. The van der Waals surface area contributed by atoms with Crippen LogP contribution in [0, 0.1) is 6.92 Å². The minimum absolute atomic E-state index is 0.0667.